The molecule has 6 heteroatoms. The van der Waals surface area contributed by atoms with Crippen LogP contribution in [0.3, 0.4) is 0 Å². The van der Waals surface area contributed by atoms with Gasteiger partial charge in [-0.25, -0.2) is 14.4 Å². The highest BCUT2D eigenvalue weighted by molar-refractivity contribution is 6.31. The molecule has 27 heavy (non-hydrogen) atoms. The first-order valence-corrected chi connectivity index (χ1v) is 8.97. The molecule has 0 atom stereocenters. The van der Waals surface area contributed by atoms with Crippen molar-refractivity contribution in [3.05, 3.63) is 53.1 Å². The Labute approximate surface area is 162 Å². The van der Waals surface area contributed by atoms with Crippen LogP contribution in [0.5, 0.6) is 5.75 Å². The second-order valence-electron chi connectivity index (χ2n) is 6.07. The van der Waals surface area contributed by atoms with Gasteiger partial charge in [0.05, 0.1) is 17.6 Å². The van der Waals surface area contributed by atoms with Crippen LogP contribution in [-0.4, -0.2) is 17.1 Å². The Bertz CT molecular complexity index is 1000. The molecular weight excluding hydrogens is 365 g/mol. The van der Waals surface area contributed by atoms with E-state index in [2.05, 4.69) is 21.2 Å². The molecule has 0 amide bonds. The van der Waals surface area contributed by atoms with Crippen LogP contribution in [0.25, 0.3) is 10.9 Å². The Kier molecular flexibility index (Phi) is 6.10. The largest absolute Gasteiger partial charge is 0.496 e. The number of rotatable bonds is 7. The maximum Gasteiger partial charge on any atom is 0.141 e. The second kappa shape index (κ2) is 8.70. The van der Waals surface area contributed by atoms with Crippen molar-refractivity contribution in [2.45, 2.75) is 25.7 Å². The first-order valence-electron chi connectivity index (χ1n) is 8.59. The molecule has 0 aliphatic carbocycles. The molecule has 0 aliphatic rings. The molecule has 0 unspecified atom stereocenters. The fourth-order valence-electron chi connectivity index (χ4n) is 2.87. The van der Waals surface area contributed by atoms with Crippen molar-refractivity contribution in [3.8, 4) is 18.1 Å². The fourth-order valence-corrected chi connectivity index (χ4v) is 3.05. The Hall–Kier alpha value is -2.84. The van der Waals surface area contributed by atoms with Gasteiger partial charge in [-0.05, 0) is 49.1 Å². The SMILES string of the molecule is C#CCCCCc1cc2c(Nc3ccc(F)c(Cl)c3)ncnc2cc1OC. The maximum absolute atomic E-state index is 13.4. The van der Waals surface area contributed by atoms with Crippen LogP contribution in [-0.2, 0) is 6.42 Å². The highest BCUT2D eigenvalue weighted by atomic mass is 35.5. The number of benzene rings is 2. The number of unbranched alkanes of at least 4 members (excludes halogenated alkanes) is 2. The number of nitrogens with one attached hydrogen (secondary N) is 1. The van der Waals surface area contributed by atoms with Gasteiger partial charge in [-0.3, -0.25) is 0 Å². The molecule has 2 aromatic carbocycles. The zero-order valence-electron chi connectivity index (χ0n) is 14.9. The van der Waals surface area contributed by atoms with Gasteiger partial charge in [0.2, 0.25) is 0 Å². The van der Waals surface area contributed by atoms with E-state index in [4.69, 9.17) is 22.8 Å². The summed E-state index contributed by atoms with van der Waals surface area (Å²) in [5.41, 5.74) is 2.47. The summed E-state index contributed by atoms with van der Waals surface area (Å²) in [6.45, 7) is 0. The van der Waals surface area contributed by atoms with Crippen LogP contribution in [0.1, 0.15) is 24.8 Å². The van der Waals surface area contributed by atoms with E-state index in [-0.39, 0.29) is 5.02 Å². The number of methoxy groups -OCH3 is 1. The topological polar surface area (TPSA) is 47.0 Å². The third kappa shape index (κ3) is 4.47. The van der Waals surface area contributed by atoms with E-state index >= 15 is 0 Å². The lowest BCUT2D eigenvalue weighted by atomic mass is 10.0. The van der Waals surface area contributed by atoms with Gasteiger partial charge in [-0.2, -0.15) is 0 Å². The normalized spacial score (nSPS) is 10.6. The van der Waals surface area contributed by atoms with Gasteiger partial charge in [0.15, 0.2) is 0 Å². The van der Waals surface area contributed by atoms with Gasteiger partial charge in [0.25, 0.3) is 0 Å². The summed E-state index contributed by atoms with van der Waals surface area (Å²) in [7, 11) is 1.65. The summed E-state index contributed by atoms with van der Waals surface area (Å²) in [5.74, 6) is 3.60. The van der Waals surface area contributed by atoms with E-state index in [1.165, 1.54) is 18.5 Å². The zero-order valence-corrected chi connectivity index (χ0v) is 15.7. The number of terminal acetylenes is 1. The van der Waals surface area contributed by atoms with Crippen molar-refractivity contribution in [3.63, 3.8) is 0 Å². The molecule has 3 aromatic rings. The van der Waals surface area contributed by atoms with Crippen molar-refractivity contribution in [2.24, 2.45) is 0 Å². The number of nitrogens with zero attached hydrogens (tertiary/aromatic N) is 2. The number of hydrogen-bond donors (Lipinski definition) is 1. The van der Waals surface area contributed by atoms with E-state index in [0.29, 0.717) is 11.5 Å². The molecular formula is C21H19ClFN3O. The molecule has 3 rings (SSSR count). The molecule has 4 nitrogen and oxygen atoms in total. The van der Waals surface area contributed by atoms with Gasteiger partial charge in [-0.15, -0.1) is 12.3 Å². The molecule has 1 heterocycles. The quantitative estimate of drug-likeness (QED) is 0.431. The van der Waals surface area contributed by atoms with Crippen LogP contribution in [0.2, 0.25) is 5.02 Å². The average molecular weight is 384 g/mol. The van der Waals surface area contributed by atoms with Gasteiger partial charge in [0, 0.05) is 23.6 Å². The third-order valence-corrected chi connectivity index (χ3v) is 4.53. The molecule has 0 saturated heterocycles. The van der Waals surface area contributed by atoms with Crippen molar-refractivity contribution >= 4 is 34.0 Å². The summed E-state index contributed by atoms with van der Waals surface area (Å²) in [6.07, 6.45) is 10.3. The van der Waals surface area contributed by atoms with Crippen molar-refractivity contribution in [1.82, 2.24) is 9.97 Å². The Balaban J connectivity index is 1.95. The molecule has 0 aliphatic heterocycles. The Morgan fingerprint density at radius 3 is 2.81 bits per heavy atom. The van der Waals surface area contributed by atoms with E-state index in [0.717, 1.165) is 47.9 Å². The molecule has 0 fully saturated rings. The molecule has 0 bridgehead atoms. The number of fused-ring (bicyclic) bond motifs is 1. The minimum atomic E-state index is -0.464. The van der Waals surface area contributed by atoms with Crippen molar-refractivity contribution in [1.29, 1.82) is 0 Å². The standard InChI is InChI=1S/C21H19ClFN3O/c1-3-4-5-6-7-14-10-16-19(12-20(14)27-2)24-13-25-21(16)26-15-8-9-18(23)17(22)11-15/h1,8-13H,4-7H2,2H3,(H,24,25,26). The number of aryl methyl sites for hydroxylation is 1. The fraction of sp³-hybridized carbons (Fsp3) is 0.238. The highest BCUT2D eigenvalue weighted by Gasteiger charge is 2.11. The van der Waals surface area contributed by atoms with E-state index < -0.39 is 5.82 Å². The minimum absolute atomic E-state index is 0.0502. The summed E-state index contributed by atoms with van der Waals surface area (Å²) >= 11 is 5.87. The van der Waals surface area contributed by atoms with E-state index in [9.17, 15) is 4.39 Å². The van der Waals surface area contributed by atoms with Crippen LogP contribution in [0.4, 0.5) is 15.9 Å². The number of ether oxygens (including phenoxy) is 1. The lowest BCUT2D eigenvalue weighted by molar-refractivity contribution is 0.409. The van der Waals surface area contributed by atoms with Gasteiger partial charge < -0.3 is 10.1 Å². The van der Waals surface area contributed by atoms with Crippen molar-refractivity contribution in [2.75, 3.05) is 12.4 Å². The van der Waals surface area contributed by atoms with Gasteiger partial charge in [0.1, 0.15) is 23.7 Å². The second-order valence-corrected chi connectivity index (χ2v) is 6.48. The summed E-state index contributed by atoms with van der Waals surface area (Å²) in [5, 5.41) is 4.09. The van der Waals surface area contributed by atoms with E-state index in [1.54, 1.807) is 13.2 Å². The molecule has 0 saturated carbocycles. The summed E-state index contributed by atoms with van der Waals surface area (Å²) < 4.78 is 18.9. The number of anilines is 2. The van der Waals surface area contributed by atoms with Crippen LogP contribution < -0.4 is 10.1 Å². The van der Waals surface area contributed by atoms with Crippen molar-refractivity contribution < 1.29 is 9.13 Å². The van der Waals surface area contributed by atoms with Gasteiger partial charge in [-0.1, -0.05) is 11.6 Å². The zero-order chi connectivity index (χ0) is 19.2. The molecule has 1 aromatic heterocycles. The number of aromatic nitrogens is 2. The third-order valence-electron chi connectivity index (χ3n) is 4.24. The van der Waals surface area contributed by atoms with Crippen LogP contribution in [0, 0.1) is 18.2 Å². The summed E-state index contributed by atoms with van der Waals surface area (Å²) in [6, 6.07) is 8.37. The maximum atomic E-state index is 13.4. The first kappa shape index (κ1) is 18.9. The number of hydrogen-bond acceptors (Lipinski definition) is 4. The Morgan fingerprint density at radius 1 is 1.22 bits per heavy atom. The molecule has 138 valence electrons. The Morgan fingerprint density at radius 2 is 2.07 bits per heavy atom. The monoisotopic (exact) mass is 383 g/mol. The lowest BCUT2D eigenvalue weighted by Gasteiger charge is -2.13. The van der Waals surface area contributed by atoms with Crippen LogP contribution in [0.15, 0.2) is 36.7 Å². The van der Waals surface area contributed by atoms with Crippen LogP contribution >= 0.6 is 11.6 Å². The lowest BCUT2D eigenvalue weighted by Crippen LogP contribution is -1.99. The molecule has 0 spiro atoms. The predicted molar refractivity (Wildman–Crippen MR) is 107 cm³/mol. The molecule has 1 N–H and O–H groups in total. The first-order chi connectivity index (χ1) is 13.1. The smallest absolute Gasteiger partial charge is 0.141 e. The number of halogens is 2. The van der Waals surface area contributed by atoms with Gasteiger partial charge >= 0.3 is 0 Å². The molecule has 0 radical (unpaired) electrons. The average Bonchev–Trinajstić information content (AvgIpc) is 2.68. The highest BCUT2D eigenvalue weighted by Crippen LogP contribution is 2.31. The van der Waals surface area contributed by atoms with E-state index in [1.807, 2.05) is 12.1 Å². The summed E-state index contributed by atoms with van der Waals surface area (Å²) in [4.78, 5) is 8.67. The minimum Gasteiger partial charge on any atom is -0.496 e. The predicted octanol–water partition coefficient (Wildman–Crippen LogP) is 5.52.